The SMILES string of the molecule is COc1cc(OC)c(OC)cc1CNC1CC(C)(C)NC(C)(C)C1. The molecule has 1 aliphatic rings. The molecular formula is C19H32N2O3. The summed E-state index contributed by atoms with van der Waals surface area (Å²) in [6.07, 6.45) is 2.18. The molecule has 2 rings (SSSR count). The molecule has 1 aromatic carbocycles. The Morgan fingerprint density at radius 1 is 0.917 bits per heavy atom. The van der Waals surface area contributed by atoms with Crippen LogP contribution >= 0.6 is 0 Å². The van der Waals surface area contributed by atoms with Gasteiger partial charge in [-0.3, -0.25) is 0 Å². The lowest BCUT2D eigenvalue weighted by molar-refractivity contribution is 0.145. The second-order valence-corrected chi connectivity index (χ2v) is 7.90. The highest BCUT2D eigenvalue weighted by molar-refractivity contribution is 5.50. The summed E-state index contributed by atoms with van der Waals surface area (Å²) in [5, 5.41) is 7.41. The van der Waals surface area contributed by atoms with E-state index in [1.807, 2.05) is 12.1 Å². The lowest BCUT2D eigenvalue weighted by Crippen LogP contribution is -2.61. The van der Waals surface area contributed by atoms with Crippen LogP contribution in [-0.2, 0) is 6.54 Å². The molecule has 5 nitrogen and oxygen atoms in total. The van der Waals surface area contributed by atoms with Gasteiger partial charge in [0.25, 0.3) is 0 Å². The average molecular weight is 336 g/mol. The summed E-state index contributed by atoms with van der Waals surface area (Å²) in [5.41, 5.74) is 1.33. The summed E-state index contributed by atoms with van der Waals surface area (Å²) in [7, 11) is 4.97. The van der Waals surface area contributed by atoms with Gasteiger partial charge in [0, 0.05) is 35.3 Å². The minimum atomic E-state index is 0.126. The summed E-state index contributed by atoms with van der Waals surface area (Å²) in [5.74, 6) is 2.22. The average Bonchev–Trinajstić information content (AvgIpc) is 2.48. The van der Waals surface area contributed by atoms with Gasteiger partial charge in [0.1, 0.15) is 5.75 Å². The Bertz CT molecular complexity index is 554. The third-order valence-electron chi connectivity index (χ3n) is 4.56. The molecule has 5 heteroatoms. The van der Waals surface area contributed by atoms with Crippen LogP contribution in [0.15, 0.2) is 12.1 Å². The van der Waals surface area contributed by atoms with Crippen molar-refractivity contribution in [2.45, 2.75) is 64.2 Å². The molecule has 0 amide bonds. The van der Waals surface area contributed by atoms with Crippen LogP contribution in [-0.4, -0.2) is 38.4 Å². The fourth-order valence-corrected chi connectivity index (χ4v) is 3.95. The van der Waals surface area contributed by atoms with E-state index in [0.717, 1.165) is 36.4 Å². The van der Waals surface area contributed by atoms with Crippen LogP contribution in [0.3, 0.4) is 0 Å². The smallest absolute Gasteiger partial charge is 0.164 e. The minimum Gasteiger partial charge on any atom is -0.496 e. The fraction of sp³-hybridized carbons (Fsp3) is 0.684. The van der Waals surface area contributed by atoms with E-state index in [9.17, 15) is 0 Å². The van der Waals surface area contributed by atoms with Crippen molar-refractivity contribution < 1.29 is 14.2 Å². The van der Waals surface area contributed by atoms with Crippen LogP contribution in [0.2, 0.25) is 0 Å². The molecule has 0 aromatic heterocycles. The van der Waals surface area contributed by atoms with Gasteiger partial charge in [0.05, 0.1) is 21.3 Å². The molecule has 0 saturated carbocycles. The largest absolute Gasteiger partial charge is 0.496 e. The fourth-order valence-electron chi connectivity index (χ4n) is 3.95. The molecule has 24 heavy (non-hydrogen) atoms. The lowest BCUT2D eigenvalue weighted by atomic mass is 9.79. The number of methoxy groups -OCH3 is 3. The Morgan fingerprint density at radius 3 is 1.92 bits per heavy atom. The van der Waals surface area contributed by atoms with Gasteiger partial charge in [-0.1, -0.05) is 0 Å². The summed E-state index contributed by atoms with van der Waals surface area (Å²) in [4.78, 5) is 0. The van der Waals surface area contributed by atoms with Crippen LogP contribution < -0.4 is 24.8 Å². The number of ether oxygens (including phenoxy) is 3. The first-order valence-corrected chi connectivity index (χ1v) is 8.51. The van der Waals surface area contributed by atoms with Crippen LogP contribution in [0, 0.1) is 0 Å². The Balaban J connectivity index is 2.13. The number of hydrogen-bond donors (Lipinski definition) is 2. The summed E-state index contributed by atoms with van der Waals surface area (Å²) in [6.45, 7) is 9.79. The van der Waals surface area contributed by atoms with Gasteiger partial charge in [0.2, 0.25) is 0 Å². The predicted molar refractivity (Wildman–Crippen MR) is 97.3 cm³/mol. The number of hydrogen-bond acceptors (Lipinski definition) is 5. The molecule has 0 radical (unpaired) electrons. The maximum Gasteiger partial charge on any atom is 0.164 e. The minimum absolute atomic E-state index is 0.126. The highest BCUT2D eigenvalue weighted by Crippen LogP contribution is 2.35. The molecule has 0 atom stereocenters. The lowest BCUT2D eigenvalue weighted by Gasteiger charge is -2.46. The first-order chi connectivity index (χ1) is 11.2. The molecule has 1 fully saturated rings. The van der Waals surface area contributed by atoms with Crippen LogP contribution in [0.5, 0.6) is 17.2 Å². The number of benzene rings is 1. The Labute approximate surface area is 146 Å². The highest BCUT2D eigenvalue weighted by Gasteiger charge is 2.37. The van der Waals surface area contributed by atoms with Gasteiger partial charge < -0.3 is 24.8 Å². The zero-order chi connectivity index (χ0) is 18.0. The molecule has 1 aliphatic heterocycles. The van der Waals surface area contributed by atoms with Crippen molar-refractivity contribution in [2.24, 2.45) is 0 Å². The van der Waals surface area contributed by atoms with Crippen molar-refractivity contribution in [2.75, 3.05) is 21.3 Å². The molecule has 1 heterocycles. The first-order valence-electron chi connectivity index (χ1n) is 8.51. The normalized spacial score (nSPS) is 19.8. The predicted octanol–water partition coefficient (Wildman–Crippen LogP) is 3.11. The second kappa shape index (κ2) is 7.19. The van der Waals surface area contributed by atoms with Crippen molar-refractivity contribution in [1.82, 2.24) is 10.6 Å². The Hall–Kier alpha value is -1.46. The van der Waals surface area contributed by atoms with Gasteiger partial charge in [-0.2, -0.15) is 0 Å². The molecule has 0 aliphatic carbocycles. The van der Waals surface area contributed by atoms with E-state index >= 15 is 0 Å². The number of rotatable bonds is 6. The van der Waals surface area contributed by atoms with Crippen molar-refractivity contribution in [1.29, 1.82) is 0 Å². The van der Waals surface area contributed by atoms with E-state index in [0.29, 0.717) is 11.8 Å². The summed E-state index contributed by atoms with van der Waals surface area (Å²) >= 11 is 0. The molecule has 0 unspecified atom stereocenters. The van der Waals surface area contributed by atoms with Crippen LogP contribution in [0.1, 0.15) is 46.1 Å². The van der Waals surface area contributed by atoms with E-state index < -0.39 is 0 Å². The zero-order valence-electron chi connectivity index (χ0n) is 16.1. The molecule has 2 N–H and O–H groups in total. The quantitative estimate of drug-likeness (QED) is 0.836. The van der Waals surface area contributed by atoms with Crippen LogP contribution in [0.25, 0.3) is 0 Å². The summed E-state index contributed by atoms with van der Waals surface area (Å²) < 4.78 is 16.3. The first kappa shape index (κ1) is 18.9. The number of piperidine rings is 1. The van der Waals surface area contributed by atoms with Gasteiger partial charge in [0.15, 0.2) is 11.5 Å². The Kier molecular flexibility index (Phi) is 5.66. The number of nitrogens with one attached hydrogen (secondary N) is 2. The summed E-state index contributed by atoms with van der Waals surface area (Å²) in [6, 6.07) is 4.32. The second-order valence-electron chi connectivity index (χ2n) is 7.90. The monoisotopic (exact) mass is 336 g/mol. The van der Waals surface area contributed by atoms with E-state index in [1.165, 1.54) is 0 Å². The van der Waals surface area contributed by atoms with Gasteiger partial charge in [-0.05, 0) is 46.6 Å². The van der Waals surface area contributed by atoms with Gasteiger partial charge >= 0.3 is 0 Å². The van der Waals surface area contributed by atoms with Crippen molar-refractivity contribution in [3.05, 3.63) is 17.7 Å². The molecule has 1 aromatic rings. The van der Waals surface area contributed by atoms with E-state index in [1.54, 1.807) is 21.3 Å². The van der Waals surface area contributed by atoms with E-state index in [4.69, 9.17) is 14.2 Å². The standard InChI is InChI=1S/C19H32N2O3/c1-18(2)10-14(11-19(3,4)21-18)20-12-13-8-16(23-6)17(24-7)9-15(13)22-5/h8-9,14,20-21H,10-12H2,1-7H3. The Morgan fingerprint density at radius 2 is 1.42 bits per heavy atom. The molecule has 136 valence electrons. The maximum atomic E-state index is 5.52. The topological polar surface area (TPSA) is 51.8 Å². The van der Waals surface area contributed by atoms with E-state index in [-0.39, 0.29) is 11.1 Å². The zero-order valence-corrected chi connectivity index (χ0v) is 16.1. The molecule has 0 bridgehead atoms. The van der Waals surface area contributed by atoms with Gasteiger partial charge in [-0.15, -0.1) is 0 Å². The molecule has 0 spiro atoms. The maximum absolute atomic E-state index is 5.52. The third-order valence-corrected chi connectivity index (χ3v) is 4.56. The van der Waals surface area contributed by atoms with Gasteiger partial charge in [-0.25, -0.2) is 0 Å². The van der Waals surface area contributed by atoms with E-state index in [2.05, 4.69) is 38.3 Å². The molecular weight excluding hydrogens is 304 g/mol. The third kappa shape index (κ3) is 4.54. The van der Waals surface area contributed by atoms with Crippen molar-refractivity contribution in [3.8, 4) is 17.2 Å². The van der Waals surface area contributed by atoms with Crippen molar-refractivity contribution >= 4 is 0 Å². The van der Waals surface area contributed by atoms with Crippen LogP contribution in [0.4, 0.5) is 0 Å². The van der Waals surface area contributed by atoms with Crippen molar-refractivity contribution in [3.63, 3.8) is 0 Å². The molecule has 1 saturated heterocycles. The highest BCUT2D eigenvalue weighted by atomic mass is 16.5.